The molecule has 0 heteroatoms. The van der Waals surface area contributed by atoms with Crippen LogP contribution >= 0.6 is 0 Å². The van der Waals surface area contributed by atoms with Crippen molar-refractivity contribution in [1.29, 1.82) is 0 Å². The lowest BCUT2D eigenvalue weighted by Crippen LogP contribution is -1.86. The van der Waals surface area contributed by atoms with Gasteiger partial charge >= 0.3 is 0 Å². The highest BCUT2D eigenvalue weighted by Crippen LogP contribution is 2.15. The summed E-state index contributed by atoms with van der Waals surface area (Å²) in [7, 11) is 0. The van der Waals surface area contributed by atoms with E-state index in [0.29, 0.717) is 0 Å². The van der Waals surface area contributed by atoms with Crippen molar-refractivity contribution in [2.24, 2.45) is 0 Å². The molecule has 0 unspecified atom stereocenters. The van der Waals surface area contributed by atoms with Gasteiger partial charge in [0.1, 0.15) is 0 Å². The Balaban J connectivity index is 3.31. The van der Waals surface area contributed by atoms with E-state index in [1.807, 2.05) is 0 Å². The van der Waals surface area contributed by atoms with Crippen LogP contribution in [0, 0.1) is 27.4 Å². The van der Waals surface area contributed by atoms with Gasteiger partial charge in [0, 0.05) is 0 Å². The summed E-state index contributed by atoms with van der Waals surface area (Å²) in [4.78, 5) is 0. The van der Waals surface area contributed by atoms with Crippen molar-refractivity contribution in [2.45, 2.75) is 20.8 Å². The minimum Gasteiger partial charge on any atom is -0.0616 e. The summed E-state index contributed by atoms with van der Waals surface area (Å²) in [6.45, 7) is 11.7. The summed E-state index contributed by atoms with van der Waals surface area (Å²) in [5.74, 6) is 0. The minimum absolute atomic E-state index is 1.13. The van der Waals surface area contributed by atoms with Crippen molar-refractivity contribution < 1.29 is 0 Å². The molecule has 0 spiro atoms. The second-order valence-corrected chi connectivity index (χ2v) is 2.96. The van der Waals surface area contributed by atoms with E-state index < -0.39 is 0 Å². The molecular formula is C11H13. The molecule has 0 aromatic heterocycles. The van der Waals surface area contributed by atoms with E-state index in [1.165, 1.54) is 16.7 Å². The number of hydrogen-bond donors (Lipinski definition) is 0. The fraction of sp³-hybridized carbons (Fsp3) is 0.273. The third kappa shape index (κ3) is 1.51. The average molecular weight is 145 g/mol. The number of benzene rings is 1. The molecule has 1 aromatic carbocycles. The Morgan fingerprint density at radius 1 is 1.00 bits per heavy atom. The van der Waals surface area contributed by atoms with Crippen LogP contribution in [0.2, 0.25) is 0 Å². The van der Waals surface area contributed by atoms with Gasteiger partial charge in [-0.15, -0.1) is 0 Å². The Morgan fingerprint density at radius 2 is 1.55 bits per heavy atom. The highest BCUT2D eigenvalue weighted by molar-refractivity contribution is 5.53. The first-order chi connectivity index (χ1) is 5.15. The third-order valence-corrected chi connectivity index (χ3v) is 2.06. The fourth-order valence-corrected chi connectivity index (χ4v) is 1.16. The van der Waals surface area contributed by atoms with Crippen molar-refractivity contribution in [2.75, 3.05) is 0 Å². The van der Waals surface area contributed by atoms with Crippen molar-refractivity contribution in [1.82, 2.24) is 0 Å². The van der Waals surface area contributed by atoms with Crippen molar-refractivity contribution in [3.05, 3.63) is 41.0 Å². The molecule has 0 nitrogen and oxygen atoms in total. The maximum absolute atomic E-state index is 5.44. The average Bonchev–Trinajstić information content (AvgIpc) is 1.97. The van der Waals surface area contributed by atoms with Gasteiger partial charge in [0.25, 0.3) is 0 Å². The monoisotopic (exact) mass is 145 g/mol. The van der Waals surface area contributed by atoms with Crippen LogP contribution < -0.4 is 0 Å². The maximum atomic E-state index is 5.44. The Morgan fingerprint density at radius 3 is 2.09 bits per heavy atom. The fourth-order valence-electron chi connectivity index (χ4n) is 1.16. The molecule has 0 heterocycles. The SMILES string of the molecule is [CH]=Cc1cc(C)c(C)cc1C. The van der Waals surface area contributed by atoms with Crippen LogP contribution in [-0.2, 0) is 0 Å². The second kappa shape index (κ2) is 2.91. The van der Waals surface area contributed by atoms with Gasteiger partial charge < -0.3 is 0 Å². The molecule has 57 valence electrons. The van der Waals surface area contributed by atoms with E-state index in [-0.39, 0.29) is 0 Å². The summed E-state index contributed by atoms with van der Waals surface area (Å²) >= 11 is 0. The summed E-state index contributed by atoms with van der Waals surface area (Å²) in [5.41, 5.74) is 5.00. The quantitative estimate of drug-likeness (QED) is 0.569. The standard InChI is InChI=1S/C11H13/c1-5-11-7-9(3)8(2)6-10(11)4/h1,5-7H,2-4H3. The van der Waals surface area contributed by atoms with Gasteiger partial charge in [0.05, 0.1) is 0 Å². The van der Waals surface area contributed by atoms with Gasteiger partial charge in [-0.05, 0) is 43.0 Å². The van der Waals surface area contributed by atoms with Gasteiger partial charge in [0.15, 0.2) is 0 Å². The molecule has 11 heavy (non-hydrogen) atoms. The largest absolute Gasteiger partial charge is 0.0616 e. The summed E-state index contributed by atoms with van der Waals surface area (Å²) in [6.07, 6.45) is 1.65. The molecule has 0 N–H and O–H groups in total. The van der Waals surface area contributed by atoms with E-state index >= 15 is 0 Å². The van der Waals surface area contributed by atoms with Crippen LogP contribution in [0.25, 0.3) is 6.08 Å². The zero-order chi connectivity index (χ0) is 8.43. The van der Waals surface area contributed by atoms with E-state index in [4.69, 9.17) is 6.58 Å². The van der Waals surface area contributed by atoms with Crippen LogP contribution in [-0.4, -0.2) is 0 Å². The lowest BCUT2D eigenvalue weighted by Gasteiger charge is -2.04. The predicted molar refractivity (Wildman–Crippen MR) is 49.4 cm³/mol. The van der Waals surface area contributed by atoms with Crippen molar-refractivity contribution in [3.63, 3.8) is 0 Å². The molecule has 1 rings (SSSR count). The first-order valence-corrected chi connectivity index (χ1v) is 3.78. The van der Waals surface area contributed by atoms with Crippen molar-refractivity contribution >= 4 is 6.08 Å². The predicted octanol–water partition coefficient (Wildman–Crippen LogP) is 3.06. The molecule has 0 saturated carbocycles. The number of rotatable bonds is 1. The molecule has 1 aromatic rings. The molecule has 0 atom stereocenters. The van der Waals surface area contributed by atoms with E-state index in [1.54, 1.807) is 6.08 Å². The molecule has 0 fully saturated rings. The van der Waals surface area contributed by atoms with Crippen LogP contribution in [0.1, 0.15) is 22.3 Å². The lowest BCUT2D eigenvalue weighted by molar-refractivity contribution is 1.29. The summed E-state index contributed by atoms with van der Waals surface area (Å²) in [6, 6.07) is 4.28. The highest BCUT2D eigenvalue weighted by Gasteiger charge is 1.96. The van der Waals surface area contributed by atoms with Crippen molar-refractivity contribution in [3.8, 4) is 0 Å². The molecule has 0 aliphatic rings. The van der Waals surface area contributed by atoms with E-state index in [2.05, 4.69) is 32.9 Å². The van der Waals surface area contributed by atoms with Gasteiger partial charge in [-0.1, -0.05) is 24.8 Å². The number of hydrogen-bond acceptors (Lipinski definition) is 0. The Kier molecular flexibility index (Phi) is 2.13. The van der Waals surface area contributed by atoms with Crippen LogP contribution in [0.15, 0.2) is 12.1 Å². The van der Waals surface area contributed by atoms with Gasteiger partial charge in [-0.3, -0.25) is 0 Å². The Bertz CT molecular complexity index is 282. The van der Waals surface area contributed by atoms with E-state index in [9.17, 15) is 0 Å². The molecule has 0 amide bonds. The normalized spacial score (nSPS) is 9.73. The summed E-state index contributed by atoms with van der Waals surface area (Å²) in [5, 5.41) is 0. The second-order valence-electron chi connectivity index (χ2n) is 2.96. The van der Waals surface area contributed by atoms with Gasteiger partial charge in [-0.25, -0.2) is 0 Å². The highest BCUT2D eigenvalue weighted by atomic mass is 14.0. The molecule has 0 saturated heterocycles. The Hall–Kier alpha value is -1.04. The minimum atomic E-state index is 1.13. The Labute approximate surface area is 68.6 Å². The summed E-state index contributed by atoms with van der Waals surface area (Å²) < 4.78 is 0. The molecular weight excluding hydrogens is 132 g/mol. The lowest BCUT2D eigenvalue weighted by atomic mass is 10.0. The van der Waals surface area contributed by atoms with E-state index in [0.717, 1.165) is 5.56 Å². The van der Waals surface area contributed by atoms with Gasteiger partial charge in [0.2, 0.25) is 0 Å². The molecule has 0 aliphatic carbocycles. The smallest absolute Gasteiger partial charge is 0.0225 e. The first-order valence-electron chi connectivity index (χ1n) is 3.78. The van der Waals surface area contributed by atoms with Crippen LogP contribution in [0.5, 0.6) is 0 Å². The van der Waals surface area contributed by atoms with Crippen LogP contribution in [0.4, 0.5) is 0 Å². The maximum Gasteiger partial charge on any atom is -0.0225 e. The third-order valence-electron chi connectivity index (χ3n) is 2.06. The first kappa shape index (κ1) is 8.06. The zero-order valence-corrected chi connectivity index (χ0v) is 7.31. The molecule has 0 aliphatic heterocycles. The zero-order valence-electron chi connectivity index (χ0n) is 7.31. The number of aryl methyl sites for hydroxylation is 3. The topological polar surface area (TPSA) is 0 Å². The molecule has 1 radical (unpaired) electrons. The van der Waals surface area contributed by atoms with Gasteiger partial charge in [-0.2, -0.15) is 0 Å². The van der Waals surface area contributed by atoms with Crippen LogP contribution in [0.3, 0.4) is 0 Å². The molecule has 0 bridgehead atoms.